The average Bonchev–Trinajstić information content (AvgIpc) is 2.74. The number of nitrogens with one attached hydrogen (secondary N) is 1. The van der Waals surface area contributed by atoms with Crippen LogP contribution in [0.5, 0.6) is 0 Å². The van der Waals surface area contributed by atoms with E-state index in [1.807, 2.05) is 36.4 Å². The van der Waals surface area contributed by atoms with Crippen molar-refractivity contribution in [2.24, 2.45) is 0 Å². The fraction of sp³-hybridized carbons (Fsp3) is 0.0667. The van der Waals surface area contributed by atoms with Gasteiger partial charge in [0, 0.05) is 26.8 Å². The predicted molar refractivity (Wildman–Crippen MR) is 87.7 cm³/mol. The smallest absolute Gasteiger partial charge is 0.199 e. The van der Waals surface area contributed by atoms with Crippen LogP contribution in [0.15, 0.2) is 52.9 Å². The Balaban J connectivity index is 1.90. The summed E-state index contributed by atoms with van der Waals surface area (Å²) < 4.78 is 6.73. The highest BCUT2D eigenvalue weighted by atomic mass is 127. The lowest BCUT2D eigenvalue weighted by Crippen LogP contribution is -2.00. The summed E-state index contributed by atoms with van der Waals surface area (Å²) in [5, 5.41) is 4.92. The third kappa shape index (κ3) is 2.58. The lowest BCUT2D eigenvalue weighted by molar-refractivity contribution is 0.613. The zero-order valence-electron chi connectivity index (χ0n) is 9.99. The first-order valence-electron chi connectivity index (χ1n) is 5.90. The molecule has 0 aliphatic heterocycles. The quantitative estimate of drug-likeness (QED) is 0.621. The molecule has 0 radical (unpaired) electrons. The summed E-state index contributed by atoms with van der Waals surface area (Å²) in [4.78, 5) is 0. The average molecular weight is 384 g/mol. The highest BCUT2D eigenvalue weighted by Crippen LogP contribution is 2.30. The van der Waals surface area contributed by atoms with Crippen molar-refractivity contribution in [1.82, 2.24) is 0 Å². The Labute approximate surface area is 129 Å². The van der Waals surface area contributed by atoms with Crippen LogP contribution in [-0.4, -0.2) is 0 Å². The molecule has 0 fully saturated rings. The lowest BCUT2D eigenvalue weighted by Gasteiger charge is -2.07. The molecule has 0 amide bonds. The van der Waals surface area contributed by atoms with E-state index in [-0.39, 0.29) is 0 Å². The van der Waals surface area contributed by atoms with Crippen molar-refractivity contribution in [1.29, 1.82) is 0 Å². The van der Waals surface area contributed by atoms with E-state index in [1.165, 1.54) is 3.57 Å². The van der Waals surface area contributed by atoms with Crippen LogP contribution in [0.25, 0.3) is 11.0 Å². The molecule has 3 aromatic rings. The maximum Gasteiger partial charge on any atom is 0.199 e. The van der Waals surface area contributed by atoms with Crippen molar-refractivity contribution in [2.45, 2.75) is 6.54 Å². The first-order chi connectivity index (χ1) is 9.25. The first kappa shape index (κ1) is 12.8. The van der Waals surface area contributed by atoms with Crippen LogP contribution >= 0.6 is 34.2 Å². The van der Waals surface area contributed by atoms with Gasteiger partial charge in [-0.3, -0.25) is 0 Å². The standard InChI is InChI=1S/C15H11ClINO/c16-15-11(10-5-1-4-8-14(10)19-15)9-18-13-7-3-2-6-12(13)17/h1-8,18H,9H2. The lowest BCUT2D eigenvalue weighted by atomic mass is 10.2. The van der Waals surface area contributed by atoms with Gasteiger partial charge in [0.05, 0.1) is 0 Å². The van der Waals surface area contributed by atoms with Crippen LogP contribution in [0.4, 0.5) is 5.69 Å². The Hall–Kier alpha value is -1.20. The number of rotatable bonds is 3. The number of anilines is 1. The van der Waals surface area contributed by atoms with E-state index >= 15 is 0 Å². The van der Waals surface area contributed by atoms with Crippen molar-refractivity contribution >= 4 is 50.8 Å². The topological polar surface area (TPSA) is 25.2 Å². The normalized spacial score (nSPS) is 10.8. The van der Waals surface area contributed by atoms with E-state index in [4.69, 9.17) is 16.0 Å². The molecule has 0 saturated carbocycles. The molecular formula is C15H11ClINO. The van der Waals surface area contributed by atoms with Gasteiger partial charge >= 0.3 is 0 Å². The van der Waals surface area contributed by atoms with Crippen LogP contribution in [0.3, 0.4) is 0 Å². The highest BCUT2D eigenvalue weighted by Gasteiger charge is 2.11. The molecule has 0 aliphatic rings. The number of benzene rings is 2. The van der Waals surface area contributed by atoms with E-state index in [2.05, 4.69) is 40.0 Å². The van der Waals surface area contributed by atoms with Gasteiger partial charge in [0.1, 0.15) is 5.58 Å². The van der Waals surface area contributed by atoms with Crippen molar-refractivity contribution < 1.29 is 4.42 Å². The van der Waals surface area contributed by atoms with E-state index in [1.54, 1.807) is 0 Å². The van der Waals surface area contributed by atoms with Gasteiger partial charge in [-0.2, -0.15) is 0 Å². The summed E-state index contributed by atoms with van der Waals surface area (Å²) in [7, 11) is 0. The third-order valence-corrected chi connectivity index (χ3v) is 4.22. The Morgan fingerprint density at radius 1 is 1.05 bits per heavy atom. The van der Waals surface area contributed by atoms with Crippen molar-refractivity contribution in [2.75, 3.05) is 5.32 Å². The fourth-order valence-electron chi connectivity index (χ4n) is 2.02. The second-order valence-electron chi connectivity index (χ2n) is 4.18. The van der Waals surface area contributed by atoms with Gasteiger partial charge in [0.15, 0.2) is 5.22 Å². The van der Waals surface area contributed by atoms with E-state index in [9.17, 15) is 0 Å². The van der Waals surface area contributed by atoms with Gasteiger partial charge in [-0.05, 0) is 52.4 Å². The van der Waals surface area contributed by atoms with Gasteiger partial charge in [-0.25, -0.2) is 0 Å². The molecule has 0 aliphatic carbocycles. The second-order valence-corrected chi connectivity index (χ2v) is 5.69. The number of hydrogen-bond acceptors (Lipinski definition) is 2. The molecule has 0 atom stereocenters. The number of hydrogen-bond donors (Lipinski definition) is 1. The minimum atomic E-state index is 0.458. The monoisotopic (exact) mass is 383 g/mol. The van der Waals surface area contributed by atoms with Crippen molar-refractivity contribution in [3.63, 3.8) is 0 Å². The number of para-hydroxylation sites is 2. The molecule has 4 heteroatoms. The Bertz CT molecular complexity index is 723. The molecule has 2 aromatic carbocycles. The number of halogens is 2. The maximum atomic E-state index is 6.17. The molecule has 0 spiro atoms. The summed E-state index contributed by atoms with van der Waals surface area (Å²) in [6, 6.07) is 16.0. The van der Waals surface area contributed by atoms with Crippen molar-refractivity contribution in [3.8, 4) is 0 Å². The maximum absolute atomic E-state index is 6.17. The summed E-state index contributed by atoms with van der Waals surface area (Å²) in [6.07, 6.45) is 0. The van der Waals surface area contributed by atoms with Crippen LogP contribution in [0.1, 0.15) is 5.56 Å². The molecule has 1 aromatic heterocycles. The summed E-state index contributed by atoms with van der Waals surface area (Å²) >= 11 is 8.47. The largest absolute Gasteiger partial charge is 0.444 e. The van der Waals surface area contributed by atoms with Gasteiger partial charge < -0.3 is 9.73 Å². The summed E-state index contributed by atoms with van der Waals surface area (Å²) in [6.45, 7) is 0.649. The summed E-state index contributed by atoms with van der Waals surface area (Å²) in [5.74, 6) is 0. The first-order valence-corrected chi connectivity index (χ1v) is 7.35. The SMILES string of the molecule is Clc1oc2ccccc2c1CNc1ccccc1I. The molecule has 0 saturated heterocycles. The van der Waals surface area contributed by atoms with E-state index in [0.29, 0.717) is 11.8 Å². The van der Waals surface area contributed by atoms with E-state index in [0.717, 1.165) is 22.2 Å². The minimum absolute atomic E-state index is 0.458. The van der Waals surface area contributed by atoms with Crippen LogP contribution in [0.2, 0.25) is 5.22 Å². The van der Waals surface area contributed by atoms with Crippen LogP contribution in [0, 0.1) is 3.57 Å². The van der Waals surface area contributed by atoms with E-state index < -0.39 is 0 Å². The Kier molecular flexibility index (Phi) is 3.66. The molecule has 2 nitrogen and oxygen atoms in total. The summed E-state index contributed by atoms with van der Waals surface area (Å²) in [5.41, 5.74) is 2.92. The zero-order chi connectivity index (χ0) is 13.2. The number of furan rings is 1. The molecular weight excluding hydrogens is 373 g/mol. The fourth-order valence-corrected chi connectivity index (χ4v) is 2.85. The zero-order valence-corrected chi connectivity index (χ0v) is 12.9. The molecule has 0 unspecified atom stereocenters. The molecule has 3 rings (SSSR count). The third-order valence-electron chi connectivity index (χ3n) is 2.98. The minimum Gasteiger partial charge on any atom is -0.444 e. The molecule has 1 heterocycles. The Morgan fingerprint density at radius 3 is 2.63 bits per heavy atom. The second kappa shape index (κ2) is 5.43. The van der Waals surface area contributed by atoms with Crippen molar-refractivity contribution in [3.05, 3.63) is 62.9 Å². The predicted octanol–water partition coefficient (Wildman–Crippen LogP) is 5.30. The van der Waals surface area contributed by atoms with Gasteiger partial charge in [0.25, 0.3) is 0 Å². The van der Waals surface area contributed by atoms with Crippen LogP contribution < -0.4 is 5.32 Å². The van der Waals surface area contributed by atoms with Gasteiger partial charge in [-0.1, -0.05) is 30.3 Å². The molecule has 96 valence electrons. The highest BCUT2D eigenvalue weighted by molar-refractivity contribution is 14.1. The van der Waals surface area contributed by atoms with Crippen LogP contribution in [-0.2, 0) is 6.54 Å². The molecule has 19 heavy (non-hydrogen) atoms. The van der Waals surface area contributed by atoms with Gasteiger partial charge in [0.2, 0.25) is 0 Å². The molecule has 0 bridgehead atoms. The Morgan fingerprint density at radius 2 is 1.79 bits per heavy atom. The number of fused-ring (bicyclic) bond motifs is 1. The van der Waals surface area contributed by atoms with Gasteiger partial charge in [-0.15, -0.1) is 0 Å². The molecule has 1 N–H and O–H groups in total.